The third-order valence-electron chi connectivity index (χ3n) is 7.31. The van der Waals surface area contributed by atoms with Crippen molar-refractivity contribution in [3.8, 4) is 0 Å². The number of benzene rings is 2. The van der Waals surface area contributed by atoms with Gasteiger partial charge >= 0.3 is 0 Å². The lowest BCUT2D eigenvalue weighted by Crippen LogP contribution is -2.34. The number of amides is 1. The van der Waals surface area contributed by atoms with Crippen LogP contribution in [0.5, 0.6) is 0 Å². The lowest BCUT2D eigenvalue weighted by molar-refractivity contribution is 0.102. The van der Waals surface area contributed by atoms with E-state index in [9.17, 15) is 4.79 Å². The Bertz CT molecular complexity index is 1690. The van der Waals surface area contributed by atoms with Gasteiger partial charge in [-0.15, -0.1) is 0 Å². The second-order valence-electron chi connectivity index (χ2n) is 11.2. The van der Waals surface area contributed by atoms with Gasteiger partial charge in [0.1, 0.15) is 0 Å². The first-order chi connectivity index (χ1) is 20.4. The summed E-state index contributed by atoms with van der Waals surface area (Å²) in [6, 6.07) is 13.7. The summed E-state index contributed by atoms with van der Waals surface area (Å²) in [5.74, 6) is 0.679. The minimum Gasteiger partial charge on any atom is -0.324 e. The van der Waals surface area contributed by atoms with E-state index < -0.39 is 0 Å². The Kier molecular flexibility index (Phi) is 9.25. The highest BCUT2D eigenvalue weighted by Gasteiger charge is 2.12. The van der Waals surface area contributed by atoms with Crippen molar-refractivity contribution in [2.75, 3.05) is 24.2 Å². The summed E-state index contributed by atoms with van der Waals surface area (Å²) >= 11 is 0. The molecule has 6 heteroatoms. The smallest absolute Gasteiger partial charge is 0.255 e. The van der Waals surface area contributed by atoms with E-state index in [4.69, 9.17) is 9.97 Å². The van der Waals surface area contributed by atoms with Gasteiger partial charge in [-0.25, -0.2) is 9.97 Å². The number of aromatic nitrogens is 2. The Morgan fingerprint density at radius 1 is 0.952 bits per heavy atom. The molecule has 214 valence electrons. The van der Waals surface area contributed by atoms with Crippen LogP contribution in [0.15, 0.2) is 90.6 Å². The minimum atomic E-state index is -0.142. The molecule has 42 heavy (non-hydrogen) atoms. The molecule has 2 aliphatic carbocycles. The molecule has 1 amide bonds. The number of nitrogens with one attached hydrogen (secondary N) is 2. The highest BCUT2D eigenvalue weighted by atomic mass is 16.1. The number of anilines is 3. The molecule has 6 nitrogen and oxygen atoms in total. The van der Waals surface area contributed by atoms with Crippen LogP contribution in [0, 0.1) is 6.92 Å². The van der Waals surface area contributed by atoms with Crippen molar-refractivity contribution in [1.29, 1.82) is 0 Å². The second kappa shape index (κ2) is 13.4. The van der Waals surface area contributed by atoms with Crippen molar-refractivity contribution in [1.82, 2.24) is 14.9 Å². The monoisotopic (exact) mass is 557 g/mol. The molecule has 0 radical (unpaired) electrons. The van der Waals surface area contributed by atoms with Crippen LogP contribution >= 0.6 is 0 Å². The maximum absolute atomic E-state index is 13.2. The molecule has 1 aromatic heterocycles. The predicted molar refractivity (Wildman–Crippen MR) is 174 cm³/mol. The van der Waals surface area contributed by atoms with Gasteiger partial charge in [0.25, 0.3) is 5.91 Å². The van der Waals surface area contributed by atoms with E-state index in [1.165, 1.54) is 5.57 Å². The van der Waals surface area contributed by atoms with Gasteiger partial charge in [-0.2, -0.15) is 0 Å². The van der Waals surface area contributed by atoms with Crippen LogP contribution in [-0.4, -0.2) is 34.4 Å². The van der Waals surface area contributed by atoms with Crippen molar-refractivity contribution in [3.63, 3.8) is 0 Å². The van der Waals surface area contributed by atoms with E-state index in [0.717, 1.165) is 64.7 Å². The van der Waals surface area contributed by atoms with E-state index in [-0.39, 0.29) is 11.8 Å². The van der Waals surface area contributed by atoms with Crippen molar-refractivity contribution in [3.05, 3.63) is 124 Å². The maximum Gasteiger partial charge on any atom is 0.255 e. The van der Waals surface area contributed by atoms with E-state index in [1.807, 2.05) is 31.2 Å². The van der Waals surface area contributed by atoms with Gasteiger partial charge in [0.15, 0.2) is 0 Å². The summed E-state index contributed by atoms with van der Waals surface area (Å²) in [6.07, 6.45) is 21.0. The normalized spacial score (nSPS) is 14.0. The van der Waals surface area contributed by atoms with Gasteiger partial charge < -0.3 is 10.6 Å². The van der Waals surface area contributed by atoms with Gasteiger partial charge in [0.05, 0.1) is 11.0 Å². The zero-order valence-corrected chi connectivity index (χ0v) is 24.9. The van der Waals surface area contributed by atoms with Crippen LogP contribution in [0.3, 0.4) is 0 Å². The fraction of sp³-hybridized carbons (Fsp3) is 0.250. The number of hydrogen-bond donors (Lipinski definition) is 2. The van der Waals surface area contributed by atoms with E-state index in [2.05, 4.69) is 109 Å². The number of carbonyl (C=O) groups excluding carboxylic acids is 1. The van der Waals surface area contributed by atoms with Crippen molar-refractivity contribution in [2.45, 2.75) is 46.1 Å². The van der Waals surface area contributed by atoms with Gasteiger partial charge in [-0.05, 0) is 79.8 Å². The first-order valence-corrected chi connectivity index (χ1v) is 14.6. The van der Waals surface area contributed by atoms with Crippen LogP contribution in [0.4, 0.5) is 17.3 Å². The SMILES string of the molecule is Cc1ccc(CN(C)CC2=CC=CCC=C2)cc1NC(=O)c1ccc(Nc2nc(C(C)C)c3c(n2)=CCC=CC=3)cc1. The molecule has 0 fully saturated rings. The number of fused-ring (bicyclic) bond motifs is 1. The highest BCUT2D eigenvalue weighted by Crippen LogP contribution is 2.21. The van der Waals surface area contributed by atoms with Crippen molar-refractivity contribution >= 4 is 35.4 Å². The third-order valence-corrected chi connectivity index (χ3v) is 7.31. The first kappa shape index (κ1) is 29.0. The van der Waals surface area contributed by atoms with Crippen molar-refractivity contribution < 1.29 is 4.79 Å². The summed E-state index contributed by atoms with van der Waals surface area (Å²) < 4.78 is 0. The van der Waals surface area contributed by atoms with Crippen LogP contribution in [0.2, 0.25) is 0 Å². The molecule has 2 aliphatic rings. The van der Waals surface area contributed by atoms with E-state index in [0.29, 0.717) is 11.5 Å². The average Bonchev–Trinajstić information content (AvgIpc) is 3.37. The Hall–Kier alpha value is -4.55. The molecule has 0 saturated heterocycles. The molecule has 2 aromatic carbocycles. The highest BCUT2D eigenvalue weighted by molar-refractivity contribution is 6.04. The predicted octanol–water partition coefficient (Wildman–Crippen LogP) is 6.30. The summed E-state index contributed by atoms with van der Waals surface area (Å²) in [5, 5.41) is 8.46. The standard InChI is InChI=1S/C36H39N5O/c1-25(2)34-31-14-10-7-11-15-32(31)39-36(40-34)37-30-20-18-29(19-21-30)35(42)38-33-22-28(17-16-26(33)3)24-41(4)23-27-12-8-5-6-9-13-27/h5,7-10,12-22,25H,6,11,23-24H2,1-4H3,(H,37,39)(H,38,42). The molecule has 0 spiro atoms. The number of hydrogen-bond acceptors (Lipinski definition) is 5. The number of rotatable bonds is 9. The largest absolute Gasteiger partial charge is 0.324 e. The maximum atomic E-state index is 13.2. The molecule has 1 heterocycles. The molecule has 0 unspecified atom stereocenters. The number of nitrogens with zero attached hydrogens (tertiary/aromatic N) is 3. The molecule has 2 N–H and O–H groups in total. The summed E-state index contributed by atoms with van der Waals surface area (Å²) in [6.45, 7) is 7.95. The fourth-order valence-electron chi connectivity index (χ4n) is 5.09. The number of carbonyl (C=O) groups is 1. The molecule has 3 aromatic rings. The summed E-state index contributed by atoms with van der Waals surface area (Å²) in [7, 11) is 2.12. The van der Waals surface area contributed by atoms with Crippen molar-refractivity contribution in [2.24, 2.45) is 0 Å². The summed E-state index contributed by atoms with van der Waals surface area (Å²) in [5.41, 5.74) is 6.71. The molecule has 5 rings (SSSR count). The van der Waals surface area contributed by atoms with E-state index in [1.54, 1.807) is 0 Å². The molecule has 0 saturated carbocycles. The average molecular weight is 558 g/mol. The Balaban J connectivity index is 1.25. The van der Waals surface area contributed by atoms with Gasteiger partial charge in [0.2, 0.25) is 5.95 Å². The Labute approximate surface area is 248 Å². The van der Waals surface area contributed by atoms with Gasteiger partial charge in [-0.1, -0.05) is 80.7 Å². The first-order valence-electron chi connectivity index (χ1n) is 14.6. The zero-order chi connectivity index (χ0) is 29.5. The fourth-order valence-corrected chi connectivity index (χ4v) is 5.09. The number of allylic oxidation sites excluding steroid dienone is 6. The van der Waals surface area contributed by atoms with E-state index >= 15 is 0 Å². The number of likely N-dealkylation sites (N-methyl/N-ethyl adjacent to an activating group) is 1. The van der Waals surface area contributed by atoms with Gasteiger partial charge in [-0.3, -0.25) is 9.69 Å². The lowest BCUT2D eigenvalue weighted by atomic mass is 10.1. The summed E-state index contributed by atoms with van der Waals surface area (Å²) in [4.78, 5) is 25.0. The van der Waals surface area contributed by atoms with Crippen LogP contribution < -0.4 is 21.2 Å². The molecular formula is C36H39N5O. The lowest BCUT2D eigenvalue weighted by Gasteiger charge is -2.18. The molecule has 0 bridgehead atoms. The minimum absolute atomic E-state index is 0.142. The Morgan fingerprint density at radius 3 is 2.55 bits per heavy atom. The molecule has 0 atom stereocenters. The third kappa shape index (κ3) is 7.39. The Morgan fingerprint density at radius 2 is 1.74 bits per heavy atom. The van der Waals surface area contributed by atoms with Gasteiger partial charge in [0, 0.05) is 35.2 Å². The molecular weight excluding hydrogens is 518 g/mol. The quantitative estimate of drug-likeness (QED) is 0.323. The zero-order valence-electron chi connectivity index (χ0n) is 24.9. The number of aryl methyl sites for hydroxylation is 1. The topological polar surface area (TPSA) is 70.2 Å². The molecule has 0 aliphatic heterocycles. The van der Waals surface area contributed by atoms with Crippen LogP contribution in [0.1, 0.15) is 59.8 Å². The van der Waals surface area contributed by atoms with Crippen LogP contribution in [0.25, 0.3) is 12.2 Å². The second-order valence-corrected chi connectivity index (χ2v) is 11.2. The van der Waals surface area contributed by atoms with Crippen LogP contribution in [-0.2, 0) is 6.54 Å².